The number of Topliss-reactive ketones (excluding diaryl/α,β-unsaturated/α-hetero) is 1. The highest BCUT2D eigenvalue weighted by Crippen LogP contribution is 2.28. The van der Waals surface area contributed by atoms with Gasteiger partial charge < -0.3 is 14.6 Å². The van der Waals surface area contributed by atoms with Crippen molar-refractivity contribution in [1.29, 1.82) is 0 Å². The summed E-state index contributed by atoms with van der Waals surface area (Å²) in [5, 5.41) is 2.65. The zero-order valence-corrected chi connectivity index (χ0v) is 12.6. The van der Waals surface area contributed by atoms with Crippen LogP contribution in [0, 0.1) is 0 Å². The third-order valence-electron chi connectivity index (χ3n) is 3.72. The second kappa shape index (κ2) is 6.77. The quantitative estimate of drug-likeness (QED) is 0.912. The second-order valence-corrected chi connectivity index (χ2v) is 5.33. The largest absolute Gasteiger partial charge is 0.470 e. The van der Waals surface area contributed by atoms with Crippen LogP contribution in [0.3, 0.4) is 0 Å². The lowest BCUT2D eigenvalue weighted by Gasteiger charge is -2.24. The fourth-order valence-corrected chi connectivity index (χ4v) is 2.65. The molecule has 3 heterocycles. The number of anilines is 1. The van der Waals surface area contributed by atoms with E-state index in [1.807, 2.05) is 0 Å². The number of nitrogens with zero attached hydrogens (tertiary/aromatic N) is 2. The van der Waals surface area contributed by atoms with Crippen molar-refractivity contribution in [3.8, 4) is 5.88 Å². The van der Waals surface area contributed by atoms with Crippen LogP contribution in [0.25, 0.3) is 0 Å². The van der Waals surface area contributed by atoms with Gasteiger partial charge in [-0.05, 0) is 30.7 Å². The zero-order chi connectivity index (χ0) is 17.1. The maximum atomic E-state index is 12.6. The molecule has 0 spiro atoms. The first-order chi connectivity index (χ1) is 11.6. The summed E-state index contributed by atoms with van der Waals surface area (Å²) in [6.45, 7) is -0.806. The van der Waals surface area contributed by atoms with E-state index in [9.17, 15) is 18.4 Å². The summed E-state index contributed by atoms with van der Waals surface area (Å²) < 4.78 is 31.1. The molecule has 1 atom stereocenters. The Bertz CT molecular complexity index is 761. The number of alkyl halides is 2. The second-order valence-electron chi connectivity index (χ2n) is 5.33. The number of aromatic nitrogens is 2. The van der Waals surface area contributed by atoms with Crippen molar-refractivity contribution in [1.82, 2.24) is 9.55 Å². The smallest absolute Gasteiger partial charge is 0.272 e. The Hall–Kier alpha value is -2.77. The Balaban J connectivity index is 1.77. The molecule has 2 aromatic rings. The lowest BCUT2D eigenvalue weighted by Crippen LogP contribution is -2.31. The summed E-state index contributed by atoms with van der Waals surface area (Å²) in [6.07, 6.45) is 1.08. The maximum Gasteiger partial charge on any atom is 0.272 e. The molecule has 8 heteroatoms. The molecular weight excluding hydrogens is 320 g/mol. The zero-order valence-electron chi connectivity index (χ0n) is 12.6. The van der Waals surface area contributed by atoms with Gasteiger partial charge in [0.15, 0.2) is 12.4 Å². The van der Waals surface area contributed by atoms with E-state index in [1.54, 1.807) is 29.0 Å². The van der Waals surface area contributed by atoms with Gasteiger partial charge in [0.25, 0.3) is 6.43 Å². The summed E-state index contributed by atoms with van der Waals surface area (Å²) >= 11 is 0. The Morgan fingerprint density at radius 3 is 3.04 bits per heavy atom. The number of carbonyl (C=O) groups excluding carboxylic acids is 2. The predicted octanol–water partition coefficient (Wildman–Crippen LogP) is 2.68. The molecule has 0 saturated carbocycles. The molecule has 0 saturated heterocycles. The summed E-state index contributed by atoms with van der Waals surface area (Å²) in [7, 11) is 0. The van der Waals surface area contributed by atoms with Crippen molar-refractivity contribution in [2.24, 2.45) is 0 Å². The van der Waals surface area contributed by atoms with Crippen molar-refractivity contribution >= 4 is 17.4 Å². The van der Waals surface area contributed by atoms with Crippen LogP contribution in [-0.4, -0.2) is 34.3 Å². The van der Waals surface area contributed by atoms with Crippen molar-refractivity contribution in [2.45, 2.75) is 25.3 Å². The molecule has 126 valence electrons. The van der Waals surface area contributed by atoms with Crippen LogP contribution in [0.1, 0.15) is 29.4 Å². The van der Waals surface area contributed by atoms with E-state index in [1.165, 1.54) is 12.3 Å². The van der Waals surface area contributed by atoms with E-state index in [0.717, 1.165) is 0 Å². The van der Waals surface area contributed by atoms with Gasteiger partial charge in [0, 0.05) is 18.8 Å². The highest BCUT2D eigenvalue weighted by atomic mass is 19.3. The monoisotopic (exact) mass is 335 g/mol. The molecule has 24 heavy (non-hydrogen) atoms. The Labute approximate surface area is 136 Å². The molecular formula is C16H15F2N3O3. The van der Waals surface area contributed by atoms with Crippen molar-refractivity contribution in [3.05, 3.63) is 42.4 Å². The molecule has 6 nitrogen and oxygen atoms in total. The molecule has 0 fully saturated rings. The van der Waals surface area contributed by atoms with Crippen molar-refractivity contribution in [3.63, 3.8) is 0 Å². The number of ketones is 1. The number of halogens is 2. The van der Waals surface area contributed by atoms with Crippen LogP contribution in [0.5, 0.6) is 5.88 Å². The molecule has 0 aliphatic carbocycles. The third-order valence-corrected chi connectivity index (χ3v) is 3.72. The first-order valence-electron chi connectivity index (χ1n) is 7.43. The average molecular weight is 335 g/mol. The number of carbonyl (C=O) groups is 2. The molecule has 0 bridgehead atoms. The fourth-order valence-electron chi connectivity index (χ4n) is 2.65. The minimum absolute atomic E-state index is 0.00798. The Morgan fingerprint density at radius 2 is 2.25 bits per heavy atom. The number of nitrogens with one attached hydrogen (secondary N) is 1. The van der Waals surface area contributed by atoms with E-state index < -0.39 is 19.1 Å². The maximum absolute atomic E-state index is 12.6. The van der Waals surface area contributed by atoms with E-state index in [0.29, 0.717) is 12.1 Å². The molecule has 1 aliphatic heterocycles. The van der Waals surface area contributed by atoms with Gasteiger partial charge in [-0.15, -0.1) is 0 Å². The number of rotatable bonds is 5. The molecule has 0 radical (unpaired) electrons. The lowest BCUT2D eigenvalue weighted by molar-refractivity contribution is -0.119. The van der Waals surface area contributed by atoms with E-state index in [-0.39, 0.29) is 29.7 Å². The topological polar surface area (TPSA) is 73.2 Å². The average Bonchev–Trinajstić information content (AvgIpc) is 3.04. The number of ether oxygens (including phenoxy) is 1. The Kier molecular flexibility index (Phi) is 4.54. The molecule has 2 aromatic heterocycles. The molecule has 3 rings (SSSR count). The molecule has 1 aliphatic rings. The SMILES string of the molecule is O=C1CCC(C(=O)Nc2cccnc2OCC(F)F)n2cccc21. The van der Waals surface area contributed by atoms with Gasteiger partial charge in [0.1, 0.15) is 11.7 Å². The molecule has 1 unspecified atom stereocenters. The summed E-state index contributed by atoms with van der Waals surface area (Å²) in [5.74, 6) is -0.424. The lowest BCUT2D eigenvalue weighted by atomic mass is 10.0. The number of hydrogen-bond donors (Lipinski definition) is 1. The van der Waals surface area contributed by atoms with Gasteiger partial charge >= 0.3 is 0 Å². The first kappa shape index (κ1) is 16.1. The molecule has 0 aromatic carbocycles. The van der Waals surface area contributed by atoms with Crippen LogP contribution < -0.4 is 10.1 Å². The minimum atomic E-state index is -2.64. The Morgan fingerprint density at radius 1 is 1.42 bits per heavy atom. The summed E-state index contributed by atoms with van der Waals surface area (Å²) in [6, 6.07) is 5.92. The number of pyridine rings is 1. The first-order valence-corrected chi connectivity index (χ1v) is 7.43. The van der Waals surface area contributed by atoms with Gasteiger partial charge in [-0.3, -0.25) is 9.59 Å². The van der Waals surface area contributed by atoms with Crippen LogP contribution in [0.2, 0.25) is 0 Å². The number of fused-ring (bicyclic) bond motifs is 1. The van der Waals surface area contributed by atoms with Crippen LogP contribution in [0.15, 0.2) is 36.7 Å². The normalized spacial score (nSPS) is 16.8. The fraction of sp³-hybridized carbons (Fsp3) is 0.312. The molecule has 1 amide bonds. The highest BCUT2D eigenvalue weighted by Gasteiger charge is 2.30. The van der Waals surface area contributed by atoms with E-state index >= 15 is 0 Å². The van der Waals surface area contributed by atoms with Gasteiger partial charge in [-0.2, -0.15) is 0 Å². The van der Waals surface area contributed by atoms with Crippen LogP contribution in [-0.2, 0) is 4.79 Å². The van der Waals surface area contributed by atoms with Crippen LogP contribution >= 0.6 is 0 Å². The summed E-state index contributed by atoms with van der Waals surface area (Å²) in [4.78, 5) is 28.2. The van der Waals surface area contributed by atoms with Gasteiger partial charge in [0.2, 0.25) is 11.8 Å². The van der Waals surface area contributed by atoms with Crippen molar-refractivity contribution < 1.29 is 23.1 Å². The standard InChI is InChI=1S/C16H15F2N3O3/c17-14(18)9-24-16-10(3-1-7-19-16)20-15(23)12-5-6-13(22)11-4-2-8-21(11)12/h1-4,7-8,12,14H,5-6,9H2,(H,20,23). The van der Waals surface area contributed by atoms with Crippen molar-refractivity contribution in [2.75, 3.05) is 11.9 Å². The highest BCUT2D eigenvalue weighted by molar-refractivity contribution is 6.00. The van der Waals surface area contributed by atoms with Gasteiger partial charge in [-0.25, -0.2) is 13.8 Å². The van der Waals surface area contributed by atoms with E-state index in [2.05, 4.69) is 10.3 Å². The van der Waals surface area contributed by atoms with Gasteiger partial charge in [-0.1, -0.05) is 0 Å². The van der Waals surface area contributed by atoms with E-state index in [4.69, 9.17) is 4.74 Å². The summed E-state index contributed by atoms with van der Waals surface area (Å²) in [5.41, 5.74) is 0.704. The third kappa shape index (κ3) is 3.27. The number of amides is 1. The molecule has 1 N–H and O–H groups in total. The van der Waals surface area contributed by atoms with Crippen LogP contribution in [0.4, 0.5) is 14.5 Å². The minimum Gasteiger partial charge on any atom is -0.470 e. The predicted molar refractivity (Wildman–Crippen MR) is 81.4 cm³/mol. The van der Waals surface area contributed by atoms with Gasteiger partial charge in [0.05, 0.1) is 5.69 Å². The number of hydrogen-bond acceptors (Lipinski definition) is 4.